The molecule has 0 bridgehead atoms. The third kappa shape index (κ3) is 2.96. The minimum atomic E-state index is 0.744. The number of hydrogen-bond donors (Lipinski definition) is 2. The molecule has 1 aromatic heterocycles. The number of aromatic nitrogens is 1. The van der Waals surface area contributed by atoms with E-state index in [1.54, 1.807) is 12.4 Å². The van der Waals surface area contributed by atoms with Gasteiger partial charge in [0.15, 0.2) is 0 Å². The van der Waals surface area contributed by atoms with Gasteiger partial charge in [-0.3, -0.25) is 4.98 Å². The smallest absolute Gasteiger partial charge is 0.0639 e. The second-order valence-electron chi connectivity index (χ2n) is 5.07. The number of fused-ring (bicyclic) bond motifs is 1. The number of rotatable bonds is 6. The molecule has 1 aliphatic carbocycles. The van der Waals surface area contributed by atoms with Crippen LogP contribution in [0.2, 0.25) is 0 Å². The van der Waals surface area contributed by atoms with E-state index in [1.165, 1.54) is 12.8 Å². The van der Waals surface area contributed by atoms with E-state index in [1.807, 2.05) is 18.2 Å². The summed E-state index contributed by atoms with van der Waals surface area (Å²) in [5.74, 6) is 0.823. The van der Waals surface area contributed by atoms with Crippen LogP contribution in [0.15, 0.2) is 30.6 Å². The van der Waals surface area contributed by atoms with Crippen molar-refractivity contribution in [3.63, 3.8) is 0 Å². The highest BCUT2D eigenvalue weighted by atomic mass is 16.5. The first-order chi connectivity index (χ1) is 9.34. The molecule has 0 atom stereocenters. The monoisotopic (exact) mass is 257 g/mol. The van der Waals surface area contributed by atoms with Crippen LogP contribution in [0.4, 0.5) is 11.4 Å². The summed E-state index contributed by atoms with van der Waals surface area (Å²) < 4.78 is 5.62. The topological polar surface area (TPSA) is 60.2 Å². The summed E-state index contributed by atoms with van der Waals surface area (Å²) >= 11 is 0. The molecule has 1 fully saturated rings. The van der Waals surface area contributed by atoms with E-state index in [2.05, 4.69) is 10.3 Å². The molecule has 1 saturated carbocycles. The fourth-order valence-corrected chi connectivity index (χ4v) is 2.16. The van der Waals surface area contributed by atoms with E-state index >= 15 is 0 Å². The summed E-state index contributed by atoms with van der Waals surface area (Å²) in [6.45, 7) is 2.47. The Labute approximate surface area is 113 Å². The van der Waals surface area contributed by atoms with Gasteiger partial charge >= 0.3 is 0 Å². The van der Waals surface area contributed by atoms with Crippen LogP contribution in [-0.4, -0.2) is 24.7 Å². The summed E-state index contributed by atoms with van der Waals surface area (Å²) in [6, 6.07) is 5.91. The highest BCUT2D eigenvalue weighted by Crippen LogP contribution is 2.29. The zero-order valence-electron chi connectivity index (χ0n) is 10.9. The summed E-state index contributed by atoms with van der Waals surface area (Å²) in [5.41, 5.74) is 7.80. The Morgan fingerprint density at radius 1 is 1.26 bits per heavy atom. The number of nitrogens with two attached hydrogens (primary N) is 1. The first-order valence-corrected chi connectivity index (χ1v) is 6.78. The fourth-order valence-electron chi connectivity index (χ4n) is 2.16. The minimum Gasteiger partial charge on any atom is -0.398 e. The van der Waals surface area contributed by atoms with Gasteiger partial charge in [0.25, 0.3) is 0 Å². The SMILES string of the molecule is Nc1ccc(NCCOCC2CC2)c2ccncc12. The standard InChI is InChI=1S/C15H19N3O/c16-14-3-4-15(12-5-6-17-9-13(12)14)18-7-8-19-10-11-1-2-11/h3-6,9,11,18H,1-2,7-8,10,16H2. The highest BCUT2D eigenvalue weighted by molar-refractivity contribution is 6.00. The van der Waals surface area contributed by atoms with Crippen molar-refractivity contribution in [2.75, 3.05) is 30.8 Å². The highest BCUT2D eigenvalue weighted by Gasteiger charge is 2.20. The quantitative estimate of drug-likeness (QED) is 0.617. The molecule has 1 aliphatic rings. The summed E-state index contributed by atoms with van der Waals surface area (Å²) in [6.07, 6.45) is 6.27. The van der Waals surface area contributed by atoms with Crippen molar-refractivity contribution in [2.45, 2.75) is 12.8 Å². The van der Waals surface area contributed by atoms with Crippen LogP contribution in [0.3, 0.4) is 0 Å². The molecule has 19 heavy (non-hydrogen) atoms. The van der Waals surface area contributed by atoms with Gasteiger partial charge in [-0.2, -0.15) is 0 Å². The molecular formula is C15H19N3O. The molecule has 1 aromatic carbocycles. The van der Waals surface area contributed by atoms with Gasteiger partial charge in [0.2, 0.25) is 0 Å². The van der Waals surface area contributed by atoms with E-state index in [4.69, 9.17) is 10.5 Å². The van der Waals surface area contributed by atoms with Gasteiger partial charge in [-0.25, -0.2) is 0 Å². The predicted molar refractivity (Wildman–Crippen MR) is 78.2 cm³/mol. The van der Waals surface area contributed by atoms with E-state index in [0.717, 1.165) is 47.8 Å². The van der Waals surface area contributed by atoms with Gasteiger partial charge in [-0.15, -0.1) is 0 Å². The number of nitrogens with zero attached hydrogens (tertiary/aromatic N) is 1. The van der Waals surface area contributed by atoms with Gasteiger partial charge in [-0.1, -0.05) is 0 Å². The lowest BCUT2D eigenvalue weighted by Gasteiger charge is -2.11. The van der Waals surface area contributed by atoms with Gasteiger partial charge in [0.1, 0.15) is 0 Å². The molecule has 0 radical (unpaired) electrons. The zero-order valence-corrected chi connectivity index (χ0v) is 10.9. The van der Waals surface area contributed by atoms with Crippen LogP contribution in [0.5, 0.6) is 0 Å². The van der Waals surface area contributed by atoms with Crippen molar-refractivity contribution in [3.05, 3.63) is 30.6 Å². The summed E-state index contributed by atoms with van der Waals surface area (Å²) in [5, 5.41) is 5.50. The van der Waals surface area contributed by atoms with Crippen molar-refractivity contribution in [3.8, 4) is 0 Å². The number of anilines is 2. The number of nitrogen functional groups attached to an aromatic ring is 1. The third-order valence-electron chi connectivity index (χ3n) is 3.46. The van der Waals surface area contributed by atoms with E-state index < -0.39 is 0 Å². The zero-order chi connectivity index (χ0) is 13.1. The largest absolute Gasteiger partial charge is 0.398 e. The average molecular weight is 257 g/mol. The Balaban J connectivity index is 1.61. The van der Waals surface area contributed by atoms with Gasteiger partial charge in [0.05, 0.1) is 6.61 Å². The van der Waals surface area contributed by atoms with E-state index in [9.17, 15) is 0 Å². The maximum Gasteiger partial charge on any atom is 0.0639 e. The predicted octanol–water partition coefficient (Wildman–Crippen LogP) is 2.66. The Morgan fingerprint density at radius 3 is 3.00 bits per heavy atom. The lowest BCUT2D eigenvalue weighted by Crippen LogP contribution is -2.11. The lowest BCUT2D eigenvalue weighted by molar-refractivity contribution is 0.134. The second kappa shape index (κ2) is 5.45. The van der Waals surface area contributed by atoms with Crippen molar-refractivity contribution >= 4 is 22.1 Å². The van der Waals surface area contributed by atoms with Crippen LogP contribution in [0, 0.1) is 5.92 Å². The van der Waals surface area contributed by atoms with Crippen LogP contribution in [0.1, 0.15) is 12.8 Å². The molecule has 4 heteroatoms. The third-order valence-corrected chi connectivity index (χ3v) is 3.46. The number of benzene rings is 1. The Morgan fingerprint density at radius 2 is 2.16 bits per heavy atom. The Bertz CT molecular complexity index is 566. The number of ether oxygens (including phenoxy) is 1. The van der Waals surface area contributed by atoms with Crippen LogP contribution in [-0.2, 0) is 4.74 Å². The molecule has 0 unspecified atom stereocenters. The van der Waals surface area contributed by atoms with Gasteiger partial charge in [0, 0.05) is 47.7 Å². The summed E-state index contributed by atoms with van der Waals surface area (Å²) in [4.78, 5) is 4.12. The lowest BCUT2D eigenvalue weighted by atomic mass is 10.1. The van der Waals surface area contributed by atoms with Crippen molar-refractivity contribution in [2.24, 2.45) is 5.92 Å². The van der Waals surface area contributed by atoms with E-state index in [-0.39, 0.29) is 0 Å². The maximum absolute atomic E-state index is 5.95. The van der Waals surface area contributed by atoms with Crippen molar-refractivity contribution in [1.29, 1.82) is 0 Å². The van der Waals surface area contributed by atoms with Crippen LogP contribution in [0.25, 0.3) is 10.8 Å². The number of hydrogen-bond acceptors (Lipinski definition) is 4. The molecular weight excluding hydrogens is 238 g/mol. The van der Waals surface area contributed by atoms with Crippen LogP contribution >= 0.6 is 0 Å². The minimum absolute atomic E-state index is 0.744. The van der Waals surface area contributed by atoms with Gasteiger partial charge < -0.3 is 15.8 Å². The Hall–Kier alpha value is -1.81. The molecule has 4 nitrogen and oxygen atoms in total. The van der Waals surface area contributed by atoms with Crippen molar-refractivity contribution in [1.82, 2.24) is 4.98 Å². The van der Waals surface area contributed by atoms with E-state index in [0.29, 0.717) is 0 Å². The molecule has 2 aromatic rings. The summed E-state index contributed by atoms with van der Waals surface area (Å²) in [7, 11) is 0. The molecule has 0 saturated heterocycles. The maximum atomic E-state index is 5.95. The molecule has 0 amide bonds. The average Bonchev–Trinajstić information content (AvgIpc) is 3.25. The normalized spacial score (nSPS) is 14.7. The van der Waals surface area contributed by atoms with Crippen molar-refractivity contribution < 1.29 is 4.74 Å². The molecule has 0 aliphatic heterocycles. The molecule has 3 rings (SSSR count). The molecule has 0 spiro atoms. The molecule has 1 heterocycles. The molecule has 3 N–H and O–H groups in total. The first-order valence-electron chi connectivity index (χ1n) is 6.78. The number of nitrogens with one attached hydrogen (secondary N) is 1. The Kier molecular flexibility index (Phi) is 3.51. The number of pyridine rings is 1. The molecule has 100 valence electrons. The van der Waals surface area contributed by atoms with Crippen LogP contribution < -0.4 is 11.1 Å². The van der Waals surface area contributed by atoms with Gasteiger partial charge in [-0.05, 0) is 37.0 Å². The fraction of sp³-hybridized carbons (Fsp3) is 0.400. The first kappa shape index (κ1) is 12.2. The second-order valence-corrected chi connectivity index (χ2v) is 5.07.